The highest BCUT2D eigenvalue weighted by Crippen LogP contribution is 2.19. The second kappa shape index (κ2) is 6.73. The Bertz CT molecular complexity index is 601. The molecule has 0 heterocycles. The van der Waals surface area contributed by atoms with E-state index in [9.17, 15) is 4.79 Å². The molecule has 0 fully saturated rings. The summed E-state index contributed by atoms with van der Waals surface area (Å²) in [5.41, 5.74) is 3.42. The van der Waals surface area contributed by atoms with Crippen LogP contribution in [-0.2, 0) is 6.54 Å². The zero-order chi connectivity index (χ0) is 14.4. The molecule has 0 unspecified atom stereocenters. The average molecular weight is 267 g/mol. The third-order valence-electron chi connectivity index (χ3n) is 2.87. The highest BCUT2D eigenvalue weighted by molar-refractivity contribution is 5.94. The number of ketones is 1. The Hall–Kier alpha value is -2.33. The minimum Gasteiger partial charge on any atom is -0.316 e. The van der Waals surface area contributed by atoms with Gasteiger partial charge in [0, 0.05) is 12.1 Å². The van der Waals surface area contributed by atoms with Crippen LogP contribution in [0, 0.1) is 0 Å². The van der Waals surface area contributed by atoms with Crippen LogP contribution in [0.25, 0.3) is 0 Å². The largest absolute Gasteiger partial charge is 0.316 e. The molecule has 0 bridgehead atoms. The van der Waals surface area contributed by atoms with Crippen LogP contribution in [0.1, 0.15) is 22.8 Å². The van der Waals surface area contributed by atoms with Crippen molar-refractivity contribution in [2.45, 2.75) is 13.5 Å². The van der Waals surface area contributed by atoms with Crippen molar-refractivity contribution < 1.29 is 4.79 Å². The number of rotatable bonds is 5. The van der Waals surface area contributed by atoms with E-state index in [0.29, 0.717) is 5.56 Å². The summed E-state index contributed by atoms with van der Waals surface area (Å²) in [5, 5.41) is 11.4. The summed E-state index contributed by atoms with van der Waals surface area (Å²) in [6.07, 6.45) is 0. The highest BCUT2D eigenvalue weighted by atomic mass is 16.1. The van der Waals surface area contributed by atoms with Crippen molar-refractivity contribution in [2.75, 3.05) is 7.05 Å². The van der Waals surface area contributed by atoms with E-state index in [4.69, 9.17) is 0 Å². The van der Waals surface area contributed by atoms with Crippen molar-refractivity contribution in [2.24, 2.45) is 10.2 Å². The van der Waals surface area contributed by atoms with Crippen LogP contribution in [-0.4, -0.2) is 12.8 Å². The maximum Gasteiger partial charge on any atom is 0.159 e. The summed E-state index contributed by atoms with van der Waals surface area (Å²) < 4.78 is 0. The van der Waals surface area contributed by atoms with Crippen LogP contribution in [0.2, 0.25) is 0 Å². The summed E-state index contributed by atoms with van der Waals surface area (Å²) in [7, 11) is 1.92. The van der Waals surface area contributed by atoms with Crippen LogP contribution >= 0.6 is 0 Å². The Balaban J connectivity index is 2.06. The molecule has 4 heteroatoms. The van der Waals surface area contributed by atoms with Crippen LogP contribution in [0.3, 0.4) is 0 Å². The molecule has 4 nitrogen and oxygen atoms in total. The van der Waals surface area contributed by atoms with Gasteiger partial charge in [0.2, 0.25) is 0 Å². The number of benzene rings is 2. The fourth-order valence-electron chi connectivity index (χ4n) is 1.76. The van der Waals surface area contributed by atoms with E-state index in [1.807, 2.05) is 31.3 Å². The summed E-state index contributed by atoms with van der Waals surface area (Å²) in [5.74, 6) is 0.0496. The summed E-state index contributed by atoms with van der Waals surface area (Å²) in [4.78, 5) is 11.2. The minimum absolute atomic E-state index is 0.0496. The molecule has 0 amide bonds. The molecule has 2 rings (SSSR count). The van der Waals surface area contributed by atoms with Gasteiger partial charge in [-0.15, -0.1) is 0 Å². The van der Waals surface area contributed by atoms with Crippen LogP contribution in [0.15, 0.2) is 58.8 Å². The molecule has 0 spiro atoms. The van der Waals surface area contributed by atoms with E-state index < -0.39 is 0 Å². The van der Waals surface area contributed by atoms with Gasteiger partial charge in [-0.25, -0.2) is 0 Å². The van der Waals surface area contributed by atoms with Gasteiger partial charge in [-0.2, -0.15) is 10.2 Å². The Kier molecular flexibility index (Phi) is 4.74. The van der Waals surface area contributed by atoms with Crippen molar-refractivity contribution in [3.63, 3.8) is 0 Å². The molecule has 0 radical (unpaired) electrons. The van der Waals surface area contributed by atoms with Crippen LogP contribution in [0.4, 0.5) is 11.4 Å². The predicted molar refractivity (Wildman–Crippen MR) is 79.8 cm³/mol. The van der Waals surface area contributed by atoms with E-state index in [1.165, 1.54) is 5.56 Å². The number of Topliss-reactive ketones (excluding diaryl/α,β-unsaturated/α-hetero) is 1. The van der Waals surface area contributed by atoms with E-state index in [1.54, 1.807) is 31.2 Å². The summed E-state index contributed by atoms with van der Waals surface area (Å²) >= 11 is 0. The van der Waals surface area contributed by atoms with Crippen LogP contribution in [0.5, 0.6) is 0 Å². The Morgan fingerprint density at radius 3 is 1.90 bits per heavy atom. The molecular formula is C16H17N3O. The normalized spacial score (nSPS) is 10.9. The fourth-order valence-corrected chi connectivity index (χ4v) is 1.76. The quantitative estimate of drug-likeness (QED) is 0.657. The van der Waals surface area contributed by atoms with Crippen molar-refractivity contribution in [1.29, 1.82) is 0 Å². The molecular weight excluding hydrogens is 250 g/mol. The monoisotopic (exact) mass is 267 g/mol. The van der Waals surface area contributed by atoms with Crippen LogP contribution < -0.4 is 5.32 Å². The number of hydrogen-bond acceptors (Lipinski definition) is 4. The molecule has 0 atom stereocenters. The first-order chi connectivity index (χ1) is 9.69. The Morgan fingerprint density at radius 2 is 1.45 bits per heavy atom. The summed E-state index contributed by atoms with van der Waals surface area (Å²) in [6.45, 7) is 2.38. The molecule has 0 aromatic heterocycles. The number of nitrogens with zero attached hydrogens (tertiary/aromatic N) is 2. The molecule has 102 valence electrons. The third-order valence-corrected chi connectivity index (χ3v) is 2.87. The Labute approximate surface area is 118 Å². The molecule has 20 heavy (non-hydrogen) atoms. The number of nitrogens with one attached hydrogen (secondary N) is 1. The first-order valence-corrected chi connectivity index (χ1v) is 6.45. The van der Waals surface area contributed by atoms with Gasteiger partial charge in [-0.1, -0.05) is 12.1 Å². The SMILES string of the molecule is CNCc1ccc(/N=N/c2ccc(C(C)=O)cc2)cc1. The topological polar surface area (TPSA) is 53.8 Å². The number of azo groups is 1. The number of carbonyl (C=O) groups is 1. The van der Waals surface area contributed by atoms with Crippen molar-refractivity contribution in [3.05, 3.63) is 59.7 Å². The van der Waals surface area contributed by atoms with Gasteiger partial charge < -0.3 is 5.32 Å². The summed E-state index contributed by atoms with van der Waals surface area (Å²) in [6, 6.07) is 15.0. The minimum atomic E-state index is 0.0496. The second-order valence-corrected chi connectivity index (χ2v) is 4.50. The van der Waals surface area contributed by atoms with Gasteiger partial charge in [-0.05, 0) is 55.9 Å². The van der Waals surface area contributed by atoms with E-state index in [-0.39, 0.29) is 5.78 Å². The third kappa shape index (κ3) is 3.83. The standard InChI is InChI=1S/C16H17N3O/c1-12(20)14-5-9-16(10-6-14)19-18-15-7-3-13(4-8-15)11-17-2/h3-10,17H,11H2,1-2H3/b19-18+. The van der Waals surface area contributed by atoms with E-state index in [0.717, 1.165) is 17.9 Å². The van der Waals surface area contributed by atoms with Crippen molar-refractivity contribution in [1.82, 2.24) is 5.32 Å². The van der Waals surface area contributed by atoms with Gasteiger partial charge in [-0.3, -0.25) is 4.79 Å². The molecule has 0 saturated heterocycles. The first kappa shape index (κ1) is 14.1. The van der Waals surface area contributed by atoms with Crippen molar-refractivity contribution in [3.8, 4) is 0 Å². The molecule has 0 aliphatic heterocycles. The average Bonchev–Trinajstić information content (AvgIpc) is 2.47. The highest BCUT2D eigenvalue weighted by Gasteiger charge is 1.98. The lowest BCUT2D eigenvalue weighted by molar-refractivity contribution is 0.101. The van der Waals surface area contributed by atoms with Gasteiger partial charge in [0.15, 0.2) is 5.78 Å². The lowest BCUT2D eigenvalue weighted by Crippen LogP contribution is -2.04. The predicted octanol–water partition coefficient (Wildman–Crippen LogP) is 4.02. The Morgan fingerprint density at radius 1 is 0.950 bits per heavy atom. The second-order valence-electron chi connectivity index (χ2n) is 4.50. The number of hydrogen-bond donors (Lipinski definition) is 1. The molecule has 0 aliphatic carbocycles. The lowest BCUT2D eigenvalue weighted by Gasteiger charge is -1.99. The van der Waals surface area contributed by atoms with Gasteiger partial charge in [0.1, 0.15) is 0 Å². The zero-order valence-electron chi connectivity index (χ0n) is 11.6. The van der Waals surface area contributed by atoms with E-state index in [2.05, 4.69) is 15.5 Å². The zero-order valence-corrected chi connectivity index (χ0v) is 11.6. The lowest BCUT2D eigenvalue weighted by atomic mass is 10.1. The van der Waals surface area contributed by atoms with E-state index >= 15 is 0 Å². The molecule has 0 aliphatic rings. The maximum absolute atomic E-state index is 11.2. The molecule has 0 saturated carbocycles. The van der Waals surface area contributed by atoms with Crippen molar-refractivity contribution >= 4 is 17.2 Å². The number of carbonyl (C=O) groups excluding carboxylic acids is 1. The first-order valence-electron chi connectivity index (χ1n) is 6.45. The molecule has 2 aromatic carbocycles. The van der Waals surface area contributed by atoms with Gasteiger partial charge in [0.05, 0.1) is 11.4 Å². The fraction of sp³-hybridized carbons (Fsp3) is 0.188. The smallest absolute Gasteiger partial charge is 0.159 e. The maximum atomic E-state index is 11.2. The molecule has 1 N–H and O–H groups in total. The van der Waals surface area contributed by atoms with Gasteiger partial charge in [0.25, 0.3) is 0 Å². The van der Waals surface area contributed by atoms with Gasteiger partial charge >= 0.3 is 0 Å². The molecule has 2 aromatic rings.